The molecular weight excluding hydrogens is 416 g/mol. The number of carbonyl (C=O) groups is 2. The summed E-state index contributed by atoms with van der Waals surface area (Å²) in [5.41, 5.74) is -0.565. The maximum Gasteiger partial charge on any atom is 0.194 e. The van der Waals surface area contributed by atoms with Crippen LogP contribution < -0.4 is 0 Å². The van der Waals surface area contributed by atoms with Gasteiger partial charge >= 0.3 is 0 Å². The molecule has 0 spiro atoms. The Morgan fingerprint density at radius 2 is 1.62 bits per heavy atom. The minimum absolute atomic E-state index is 0.0201. The zero-order chi connectivity index (χ0) is 21.0. The first-order chi connectivity index (χ1) is 13.8. The van der Waals surface area contributed by atoms with Gasteiger partial charge in [-0.1, -0.05) is 23.2 Å². The number of rotatable bonds is 7. The Morgan fingerprint density at radius 3 is 2.24 bits per heavy atom. The lowest BCUT2D eigenvalue weighted by molar-refractivity contribution is -0.00648. The molecule has 0 unspecified atom stereocenters. The molecule has 1 fully saturated rings. The average molecular weight is 438 g/mol. The van der Waals surface area contributed by atoms with E-state index in [1.54, 1.807) is 12.1 Å². The van der Waals surface area contributed by atoms with E-state index in [-0.39, 0.29) is 22.4 Å². The lowest BCUT2D eigenvalue weighted by Crippen LogP contribution is -2.49. The molecule has 1 aliphatic rings. The van der Waals surface area contributed by atoms with Crippen molar-refractivity contribution in [3.63, 3.8) is 0 Å². The second kappa shape index (κ2) is 9.35. The van der Waals surface area contributed by atoms with Crippen molar-refractivity contribution >= 4 is 34.8 Å². The normalized spacial score (nSPS) is 16.6. The fraction of sp³-hybridized carbons (Fsp3) is 0.364. The van der Waals surface area contributed by atoms with E-state index in [1.807, 2.05) is 0 Å². The van der Waals surface area contributed by atoms with Crippen LogP contribution >= 0.6 is 23.2 Å². The number of aliphatic hydroxyl groups is 1. The first-order valence-corrected chi connectivity index (χ1v) is 10.3. The number of halogens is 3. The number of carbonyl (C=O) groups excluding carboxylic acids is 2. The third-order valence-electron chi connectivity index (χ3n) is 5.33. The third-order valence-corrected chi connectivity index (χ3v) is 6.07. The predicted molar refractivity (Wildman–Crippen MR) is 111 cm³/mol. The largest absolute Gasteiger partial charge is 0.382 e. The SMILES string of the molecule is O=C(CCCN1CCC(O)(C(=O)c2ccc(Cl)c(Cl)c2)CC1)c1ccc(F)cc1. The number of benzene rings is 2. The Morgan fingerprint density at radius 1 is 1.00 bits per heavy atom. The van der Waals surface area contributed by atoms with Gasteiger partial charge in [0.1, 0.15) is 11.4 Å². The van der Waals surface area contributed by atoms with E-state index in [9.17, 15) is 19.1 Å². The number of hydrogen-bond donors (Lipinski definition) is 1. The average Bonchev–Trinajstić information content (AvgIpc) is 2.71. The van der Waals surface area contributed by atoms with Crippen molar-refractivity contribution in [3.05, 3.63) is 69.5 Å². The molecule has 4 nitrogen and oxygen atoms in total. The number of nitrogens with zero attached hydrogens (tertiary/aromatic N) is 1. The summed E-state index contributed by atoms with van der Waals surface area (Å²) in [6.07, 6.45) is 1.67. The van der Waals surface area contributed by atoms with Gasteiger partial charge in [0, 0.05) is 30.6 Å². The zero-order valence-electron chi connectivity index (χ0n) is 15.8. The van der Waals surface area contributed by atoms with Crippen LogP contribution in [-0.4, -0.2) is 46.8 Å². The van der Waals surface area contributed by atoms with Crippen molar-refractivity contribution in [2.75, 3.05) is 19.6 Å². The first kappa shape index (κ1) is 21.9. The molecule has 3 rings (SSSR count). The van der Waals surface area contributed by atoms with E-state index < -0.39 is 5.60 Å². The summed E-state index contributed by atoms with van der Waals surface area (Å²) >= 11 is 11.9. The van der Waals surface area contributed by atoms with Gasteiger partial charge in [-0.05, 0) is 68.3 Å². The van der Waals surface area contributed by atoms with Gasteiger partial charge in [-0.25, -0.2) is 4.39 Å². The molecule has 2 aromatic carbocycles. The predicted octanol–water partition coefficient (Wildman–Crippen LogP) is 4.81. The summed E-state index contributed by atoms with van der Waals surface area (Å²) in [6.45, 7) is 1.83. The van der Waals surface area contributed by atoms with Gasteiger partial charge in [0.2, 0.25) is 0 Å². The Hall–Kier alpha value is -1.79. The Labute approximate surface area is 179 Å². The van der Waals surface area contributed by atoms with Gasteiger partial charge in [-0.15, -0.1) is 0 Å². The lowest BCUT2D eigenvalue weighted by Gasteiger charge is -2.37. The maximum atomic E-state index is 12.9. The summed E-state index contributed by atoms with van der Waals surface area (Å²) in [6, 6.07) is 10.2. The van der Waals surface area contributed by atoms with Crippen molar-refractivity contribution in [1.29, 1.82) is 0 Å². The summed E-state index contributed by atoms with van der Waals surface area (Å²) < 4.78 is 12.9. The van der Waals surface area contributed by atoms with E-state index in [0.29, 0.717) is 61.5 Å². The van der Waals surface area contributed by atoms with Crippen LogP contribution in [-0.2, 0) is 0 Å². The van der Waals surface area contributed by atoms with Crippen LogP contribution in [0.2, 0.25) is 10.0 Å². The van der Waals surface area contributed by atoms with Gasteiger partial charge in [0.25, 0.3) is 0 Å². The van der Waals surface area contributed by atoms with Crippen LogP contribution in [0, 0.1) is 5.82 Å². The van der Waals surface area contributed by atoms with E-state index in [0.717, 1.165) is 0 Å². The molecule has 7 heteroatoms. The highest BCUT2D eigenvalue weighted by Crippen LogP contribution is 2.29. The highest BCUT2D eigenvalue weighted by atomic mass is 35.5. The summed E-state index contributed by atoms with van der Waals surface area (Å²) in [5.74, 6) is -0.728. The maximum absolute atomic E-state index is 12.9. The molecular formula is C22H22Cl2FNO3. The number of Topliss-reactive ketones (excluding diaryl/α,β-unsaturated/α-hetero) is 2. The van der Waals surface area contributed by atoms with Crippen LogP contribution in [0.4, 0.5) is 4.39 Å². The molecule has 0 aromatic heterocycles. The molecule has 0 radical (unpaired) electrons. The molecule has 1 saturated heterocycles. The fourth-order valence-corrected chi connectivity index (χ4v) is 3.82. The minimum Gasteiger partial charge on any atom is -0.382 e. The van der Waals surface area contributed by atoms with Gasteiger partial charge in [-0.2, -0.15) is 0 Å². The lowest BCUT2D eigenvalue weighted by atomic mass is 9.84. The third kappa shape index (κ3) is 5.43. The molecule has 2 aromatic rings. The Balaban J connectivity index is 1.48. The molecule has 1 aliphatic heterocycles. The van der Waals surface area contributed by atoms with Crippen LogP contribution in [0.5, 0.6) is 0 Å². The topological polar surface area (TPSA) is 57.6 Å². The van der Waals surface area contributed by atoms with Crippen LogP contribution in [0.25, 0.3) is 0 Å². The zero-order valence-corrected chi connectivity index (χ0v) is 17.3. The van der Waals surface area contributed by atoms with Crippen LogP contribution in [0.15, 0.2) is 42.5 Å². The Bertz CT molecular complexity index is 893. The van der Waals surface area contributed by atoms with Crippen molar-refractivity contribution in [1.82, 2.24) is 4.90 Å². The van der Waals surface area contributed by atoms with Gasteiger partial charge in [-0.3, -0.25) is 9.59 Å². The second-order valence-corrected chi connectivity index (χ2v) is 8.18. The molecule has 1 N–H and O–H groups in total. The molecule has 0 saturated carbocycles. The molecule has 0 amide bonds. The summed E-state index contributed by atoms with van der Waals surface area (Å²) in [7, 11) is 0. The number of likely N-dealkylation sites (tertiary alicyclic amines) is 1. The van der Waals surface area contributed by atoms with Gasteiger partial charge < -0.3 is 10.0 Å². The first-order valence-electron chi connectivity index (χ1n) is 9.52. The summed E-state index contributed by atoms with van der Waals surface area (Å²) in [5, 5.41) is 11.5. The van der Waals surface area contributed by atoms with E-state index in [1.165, 1.54) is 30.3 Å². The van der Waals surface area contributed by atoms with E-state index in [4.69, 9.17) is 23.2 Å². The van der Waals surface area contributed by atoms with Crippen LogP contribution in [0.3, 0.4) is 0 Å². The molecule has 154 valence electrons. The molecule has 1 heterocycles. The van der Waals surface area contributed by atoms with Crippen LogP contribution in [0.1, 0.15) is 46.4 Å². The van der Waals surface area contributed by atoms with Crippen molar-refractivity contribution in [3.8, 4) is 0 Å². The number of piperidine rings is 1. The van der Waals surface area contributed by atoms with E-state index in [2.05, 4.69) is 4.90 Å². The molecule has 0 aliphatic carbocycles. The van der Waals surface area contributed by atoms with E-state index >= 15 is 0 Å². The van der Waals surface area contributed by atoms with Crippen molar-refractivity contribution < 1.29 is 19.1 Å². The van der Waals surface area contributed by atoms with Crippen molar-refractivity contribution in [2.45, 2.75) is 31.3 Å². The smallest absolute Gasteiger partial charge is 0.194 e. The van der Waals surface area contributed by atoms with Gasteiger partial charge in [0.05, 0.1) is 10.0 Å². The minimum atomic E-state index is -1.42. The highest BCUT2D eigenvalue weighted by Gasteiger charge is 2.39. The number of ketones is 2. The second-order valence-electron chi connectivity index (χ2n) is 7.36. The van der Waals surface area contributed by atoms with Crippen molar-refractivity contribution in [2.24, 2.45) is 0 Å². The van der Waals surface area contributed by atoms with Gasteiger partial charge in [0.15, 0.2) is 11.6 Å². The monoisotopic (exact) mass is 437 g/mol. The summed E-state index contributed by atoms with van der Waals surface area (Å²) in [4.78, 5) is 27.0. The molecule has 0 bridgehead atoms. The Kier molecular flexibility index (Phi) is 7.06. The number of hydrogen-bond acceptors (Lipinski definition) is 4. The highest BCUT2D eigenvalue weighted by molar-refractivity contribution is 6.42. The quantitative estimate of drug-likeness (QED) is 0.631. The fourth-order valence-electron chi connectivity index (χ4n) is 3.52. The molecule has 29 heavy (non-hydrogen) atoms. The standard InChI is InChI=1S/C22H22Cl2FNO3/c23-18-8-5-16(14-19(18)24)21(28)22(29)9-12-26(13-10-22)11-1-2-20(27)15-3-6-17(25)7-4-15/h3-8,14,29H,1-2,9-13H2. The molecule has 0 atom stereocenters.